The first-order chi connectivity index (χ1) is 6.81. The van der Waals surface area contributed by atoms with E-state index in [1.54, 1.807) is 6.20 Å². The number of aromatic nitrogens is 1. The van der Waals surface area contributed by atoms with Crippen molar-refractivity contribution >= 4 is 0 Å². The van der Waals surface area contributed by atoms with Gasteiger partial charge in [-0.2, -0.15) is 0 Å². The number of pyridine rings is 1. The molecule has 0 bridgehead atoms. The Hall–Kier alpha value is -1.16. The van der Waals surface area contributed by atoms with E-state index in [1.165, 1.54) is 6.20 Å². The summed E-state index contributed by atoms with van der Waals surface area (Å²) in [5, 5.41) is 0. The topological polar surface area (TPSA) is 31.4 Å². The van der Waals surface area contributed by atoms with Gasteiger partial charge in [-0.15, -0.1) is 0 Å². The van der Waals surface area contributed by atoms with E-state index in [9.17, 15) is 4.39 Å². The number of hydrogen-bond donors (Lipinski definition) is 0. The van der Waals surface area contributed by atoms with Gasteiger partial charge < -0.3 is 9.47 Å². The maximum Gasteiger partial charge on any atom is 0.183 e. The SMILES string of the molecule is CCc1cncc(F)c1OC1COC1. The second kappa shape index (κ2) is 3.92. The van der Waals surface area contributed by atoms with Crippen molar-refractivity contribution in [1.82, 2.24) is 4.98 Å². The summed E-state index contributed by atoms with van der Waals surface area (Å²) in [6, 6.07) is 0. The number of halogens is 1. The Balaban J connectivity index is 2.19. The highest BCUT2D eigenvalue weighted by atomic mass is 19.1. The number of nitrogens with zero attached hydrogens (tertiary/aromatic N) is 1. The molecule has 0 N–H and O–H groups in total. The summed E-state index contributed by atoms with van der Waals surface area (Å²) in [5.41, 5.74) is 0.803. The van der Waals surface area contributed by atoms with Gasteiger partial charge >= 0.3 is 0 Å². The standard InChI is InChI=1S/C10H12FNO2/c1-2-7-3-12-4-9(11)10(7)14-8-5-13-6-8/h3-4,8H,2,5-6H2,1H3. The van der Waals surface area contributed by atoms with Gasteiger partial charge in [0.1, 0.15) is 6.10 Å². The van der Waals surface area contributed by atoms with Crippen molar-refractivity contribution in [3.05, 3.63) is 23.8 Å². The highest BCUT2D eigenvalue weighted by Gasteiger charge is 2.22. The number of hydrogen-bond acceptors (Lipinski definition) is 3. The number of ether oxygens (including phenoxy) is 2. The van der Waals surface area contributed by atoms with Crippen LogP contribution in [-0.4, -0.2) is 24.3 Å². The fourth-order valence-corrected chi connectivity index (χ4v) is 1.30. The van der Waals surface area contributed by atoms with Crippen LogP contribution in [0.2, 0.25) is 0 Å². The molecule has 1 fully saturated rings. The molecule has 1 aliphatic heterocycles. The second-order valence-electron chi connectivity index (χ2n) is 3.24. The Kier molecular flexibility index (Phi) is 2.63. The van der Waals surface area contributed by atoms with Crippen molar-refractivity contribution in [3.8, 4) is 5.75 Å². The third kappa shape index (κ3) is 1.70. The molecule has 1 aromatic rings. The molecule has 0 amide bonds. The summed E-state index contributed by atoms with van der Waals surface area (Å²) in [4.78, 5) is 3.78. The largest absolute Gasteiger partial charge is 0.482 e. The molecule has 4 heteroatoms. The van der Waals surface area contributed by atoms with E-state index in [2.05, 4.69) is 4.98 Å². The van der Waals surface area contributed by atoms with E-state index in [1.807, 2.05) is 6.92 Å². The lowest BCUT2D eigenvalue weighted by molar-refractivity contribution is -0.0812. The van der Waals surface area contributed by atoms with Gasteiger partial charge in [-0.3, -0.25) is 4.98 Å². The van der Waals surface area contributed by atoms with E-state index in [4.69, 9.17) is 9.47 Å². The van der Waals surface area contributed by atoms with Crippen LogP contribution in [0, 0.1) is 5.82 Å². The van der Waals surface area contributed by atoms with Gasteiger partial charge in [0.2, 0.25) is 0 Å². The Labute approximate surface area is 81.9 Å². The predicted molar refractivity (Wildman–Crippen MR) is 48.8 cm³/mol. The Morgan fingerprint density at radius 2 is 2.36 bits per heavy atom. The van der Waals surface area contributed by atoms with Crippen LogP contribution in [0.4, 0.5) is 4.39 Å². The zero-order valence-corrected chi connectivity index (χ0v) is 8.00. The minimum absolute atomic E-state index is 0.00259. The normalized spacial score (nSPS) is 16.4. The Bertz CT molecular complexity index is 326. The quantitative estimate of drug-likeness (QED) is 0.736. The third-order valence-electron chi connectivity index (χ3n) is 2.20. The average molecular weight is 197 g/mol. The first-order valence-electron chi connectivity index (χ1n) is 4.68. The molecular weight excluding hydrogens is 185 g/mol. The average Bonchev–Trinajstić information content (AvgIpc) is 2.12. The molecule has 0 radical (unpaired) electrons. The molecule has 1 aromatic heterocycles. The molecule has 0 spiro atoms. The van der Waals surface area contributed by atoms with E-state index < -0.39 is 5.82 Å². The van der Waals surface area contributed by atoms with Crippen LogP contribution in [0.5, 0.6) is 5.75 Å². The fraction of sp³-hybridized carbons (Fsp3) is 0.500. The minimum atomic E-state index is -0.392. The summed E-state index contributed by atoms with van der Waals surface area (Å²) >= 11 is 0. The summed E-state index contributed by atoms with van der Waals surface area (Å²) < 4.78 is 23.8. The van der Waals surface area contributed by atoms with Crippen LogP contribution < -0.4 is 4.74 Å². The molecule has 14 heavy (non-hydrogen) atoms. The molecule has 0 atom stereocenters. The molecule has 1 aliphatic rings. The zero-order valence-electron chi connectivity index (χ0n) is 8.00. The van der Waals surface area contributed by atoms with Crippen LogP contribution in [0.15, 0.2) is 12.4 Å². The van der Waals surface area contributed by atoms with Crippen molar-refractivity contribution in [2.45, 2.75) is 19.4 Å². The lowest BCUT2D eigenvalue weighted by Crippen LogP contribution is -2.39. The maximum absolute atomic E-state index is 13.3. The molecule has 0 aromatic carbocycles. The zero-order chi connectivity index (χ0) is 9.97. The van der Waals surface area contributed by atoms with Crippen LogP contribution in [0.25, 0.3) is 0 Å². The molecule has 2 heterocycles. The van der Waals surface area contributed by atoms with Crippen molar-refractivity contribution in [2.24, 2.45) is 0 Å². The van der Waals surface area contributed by atoms with E-state index >= 15 is 0 Å². The van der Waals surface area contributed by atoms with Crippen molar-refractivity contribution in [3.63, 3.8) is 0 Å². The van der Waals surface area contributed by atoms with Crippen molar-refractivity contribution < 1.29 is 13.9 Å². The lowest BCUT2D eigenvalue weighted by atomic mass is 10.2. The van der Waals surface area contributed by atoms with Gasteiger partial charge in [0.25, 0.3) is 0 Å². The molecular formula is C10H12FNO2. The number of rotatable bonds is 3. The first-order valence-corrected chi connectivity index (χ1v) is 4.68. The third-order valence-corrected chi connectivity index (χ3v) is 2.20. The molecule has 3 nitrogen and oxygen atoms in total. The van der Waals surface area contributed by atoms with Crippen LogP contribution in [0.1, 0.15) is 12.5 Å². The molecule has 0 saturated carbocycles. The summed E-state index contributed by atoms with van der Waals surface area (Å²) in [6.07, 6.45) is 3.52. The van der Waals surface area contributed by atoms with Gasteiger partial charge in [-0.1, -0.05) is 6.92 Å². The van der Waals surface area contributed by atoms with Gasteiger partial charge in [0.05, 0.1) is 19.4 Å². The highest BCUT2D eigenvalue weighted by Crippen LogP contribution is 2.24. The maximum atomic E-state index is 13.3. The second-order valence-corrected chi connectivity index (χ2v) is 3.24. The molecule has 2 rings (SSSR count). The summed E-state index contributed by atoms with van der Waals surface area (Å²) in [5.74, 6) is -0.0629. The molecule has 0 unspecified atom stereocenters. The summed E-state index contributed by atoms with van der Waals surface area (Å²) in [6.45, 7) is 3.04. The fourth-order valence-electron chi connectivity index (χ4n) is 1.30. The molecule has 0 aliphatic carbocycles. The predicted octanol–water partition coefficient (Wildman–Crippen LogP) is 1.56. The molecule has 76 valence electrons. The van der Waals surface area contributed by atoms with Gasteiger partial charge in [0, 0.05) is 11.8 Å². The smallest absolute Gasteiger partial charge is 0.183 e. The van der Waals surface area contributed by atoms with Crippen LogP contribution >= 0.6 is 0 Å². The van der Waals surface area contributed by atoms with E-state index in [0.717, 1.165) is 5.56 Å². The highest BCUT2D eigenvalue weighted by molar-refractivity contribution is 5.32. The lowest BCUT2D eigenvalue weighted by Gasteiger charge is -2.27. The molecule has 1 saturated heterocycles. The van der Waals surface area contributed by atoms with Gasteiger partial charge in [0.15, 0.2) is 11.6 Å². The Morgan fingerprint density at radius 3 is 2.93 bits per heavy atom. The van der Waals surface area contributed by atoms with Gasteiger partial charge in [-0.25, -0.2) is 4.39 Å². The van der Waals surface area contributed by atoms with Crippen LogP contribution in [-0.2, 0) is 11.2 Å². The van der Waals surface area contributed by atoms with Crippen LogP contribution in [0.3, 0.4) is 0 Å². The van der Waals surface area contributed by atoms with E-state index in [-0.39, 0.29) is 6.10 Å². The van der Waals surface area contributed by atoms with Crippen molar-refractivity contribution in [2.75, 3.05) is 13.2 Å². The van der Waals surface area contributed by atoms with Gasteiger partial charge in [-0.05, 0) is 6.42 Å². The Morgan fingerprint density at radius 1 is 1.57 bits per heavy atom. The van der Waals surface area contributed by atoms with E-state index in [0.29, 0.717) is 25.4 Å². The van der Waals surface area contributed by atoms with Crippen molar-refractivity contribution in [1.29, 1.82) is 0 Å². The first kappa shape index (κ1) is 9.40. The number of aryl methyl sites for hydroxylation is 1. The summed E-state index contributed by atoms with van der Waals surface area (Å²) in [7, 11) is 0. The minimum Gasteiger partial charge on any atom is -0.482 e. The monoisotopic (exact) mass is 197 g/mol.